The SMILES string of the molecule is Cc1cccnc1NCC1CCCCC1Cl. The molecule has 0 amide bonds. The van der Waals surface area contributed by atoms with Crippen LogP contribution >= 0.6 is 11.6 Å². The summed E-state index contributed by atoms with van der Waals surface area (Å²) in [7, 11) is 0. The van der Waals surface area contributed by atoms with Gasteiger partial charge < -0.3 is 5.32 Å². The number of aromatic nitrogens is 1. The molecule has 1 heterocycles. The Morgan fingerprint density at radius 3 is 3.00 bits per heavy atom. The number of aryl methyl sites for hydroxylation is 1. The number of nitrogens with one attached hydrogen (secondary N) is 1. The number of hydrogen-bond donors (Lipinski definition) is 1. The number of alkyl halides is 1. The third-order valence-corrected chi connectivity index (χ3v) is 3.93. The van der Waals surface area contributed by atoms with Crippen LogP contribution in [0, 0.1) is 12.8 Å². The number of rotatable bonds is 3. The number of nitrogens with zero attached hydrogens (tertiary/aromatic N) is 1. The van der Waals surface area contributed by atoms with E-state index in [4.69, 9.17) is 11.6 Å². The maximum atomic E-state index is 6.33. The van der Waals surface area contributed by atoms with Crippen molar-refractivity contribution in [3.63, 3.8) is 0 Å². The first-order chi connectivity index (χ1) is 7.77. The first kappa shape index (κ1) is 11.7. The second-order valence-electron chi connectivity index (χ2n) is 4.61. The number of halogens is 1. The van der Waals surface area contributed by atoms with Gasteiger partial charge in [-0.3, -0.25) is 0 Å². The molecule has 1 aromatic rings. The largest absolute Gasteiger partial charge is 0.370 e. The minimum atomic E-state index is 0.338. The fourth-order valence-electron chi connectivity index (χ4n) is 2.29. The molecule has 0 radical (unpaired) electrons. The molecule has 3 heteroatoms. The van der Waals surface area contributed by atoms with E-state index in [-0.39, 0.29) is 0 Å². The van der Waals surface area contributed by atoms with Crippen molar-refractivity contribution >= 4 is 17.4 Å². The molecule has 1 saturated carbocycles. The smallest absolute Gasteiger partial charge is 0.128 e. The summed E-state index contributed by atoms with van der Waals surface area (Å²) < 4.78 is 0. The van der Waals surface area contributed by atoms with E-state index in [0.29, 0.717) is 11.3 Å². The van der Waals surface area contributed by atoms with Crippen molar-refractivity contribution < 1.29 is 0 Å². The molecule has 2 unspecified atom stereocenters. The van der Waals surface area contributed by atoms with Crippen molar-refractivity contribution in [2.24, 2.45) is 5.92 Å². The number of anilines is 1. The zero-order valence-electron chi connectivity index (χ0n) is 9.75. The van der Waals surface area contributed by atoms with E-state index >= 15 is 0 Å². The van der Waals surface area contributed by atoms with Gasteiger partial charge in [0.25, 0.3) is 0 Å². The van der Waals surface area contributed by atoms with Crippen LogP contribution < -0.4 is 5.32 Å². The van der Waals surface area contributed by atoms with Gasteiger partial charge in [-0.25, -0.2) is 4.98 Å². The quantitative estimate of drug-likeness (QED) is 0.814. The Balaban J connectivity index is 1.89. The van der Waals surface area contributed by atoms with Gasteiger partial charge in [-0.15, -0.1) is 11.6 Å². The lowest BCUT2D eigenvalue weighted by molar-refractivity contribution is 0.380. The summed E-state index contributed by atoms with van der Waals surface area (Å²) in [4.78, 5) is 4.33. The van der Waals surface area contributed by atoms with Crippen molar-refractivity contribution in [2.75, 3.05) is 11.9 Å². The highest BCUT2D eigenvalue weighted by Crippen LogP contribution is 2.28. The standard InChI is InChI=1S/C13H19ClN2/c1-10-5-4-8-15-13(10)16-9-11-6-2-3-7-12(11)14/h4-5,8,11-12H,2-3,6-7,9H2,1H3,(H,15,16). The fraction of sp³-hybridized carbons (Fsp3) is 0.615. The van der Waals surface area contributed by atoms with E-state index in [0.717, 1.165) is 18.8 Å². The molecule has 1 aliphatic carbocycles. The first-order valence-corrected chi connectivity index (χ1v) is 6.50. The van der Waals surface area contributed by atoms with Gasteiger partial charge in [0.1, 0.15) is 5.82 Å². The highest BCUT2D eigenvalue weighted by atomic mass is 35.5. The van der Waals surface area contributed by atoms with Gasteiger partial charge >= 0.3 is 0 Å². The average molecular weight is 239 g/mol. The van der Waals surface area contributed by atoms with Crippen LogP contribution in [0.15, 0.2) is 18.3 Å². The highest BCUT2D eigenvalue weighted by molar-refractivity contribution is 6.20. The number of pyridine rings is 1. The second-order valence-corrected chi connectivity index (χ2v) is 5.17. The lowest BCUT2D eigenvalue weighted by atomic mass is 9.89. The van der Waals surface area contributed by atoms with E-state index in [2.05, 4.69) is 23.3 Å². The predicted molar refractivity (Wildman–Crippen MR) is 69.1 cm³/mol. The van der Waals surface area contributed by atoms with Crippen LogP contribution in [0.1, 0.15) is 31.2 Å². The molecule has 16 heavy (non-hydrogen) atoms. The van der Waals surface area contributed by atoms with Crippen LogP contribution in [0.2, 0.25) is 0 Å². The summed E-state index contributed by atoms with van der Waals surface area (Å²) in [6.45, 7) is 3.03. The summed E-state index contributed by atoms with van der Waals surface area (Å²) in [5, 5.41) is 3.76. The second kappa shape index (κ2) is 5.53. The van der Waals surface area contributed by atoms with E-state index in [1.807, 2.05) is 12.3 Å². The zero-order chi connectivity index (χ0) is 11.4. The summed E-state index contributed by atoms with van der Waals surface area (Å²) in [6, 6.07) is 4.04. The van der Waals surface area contributed by atoms with Gasteiger partial charge in [-0.2, -0.15) is 0 Å². The van der Waals surface area contributed by atoms with Crippen LogP contribution in [0.4, 0.5) is 5.82 Å². The molecule has 2 atom stereocenters. The first-order valence-electron chi connectivity index (χ1n) is 6.07. The van der Waals surface area contributed by atoms with Gasteiger partial charge in [-0.1, -0.05) is 18.9 Å². The minimum absolute atomic E-state index is 0.338. The average Bonchev–Trinajstić information content (AvgIpc) is 2.30. The topological polar surface area (TPSA) is 24.9 Å². The molecule has 0 aliphatic heterocycles. The van der Waals surface area contributed by atoms with Crippen molar-refractivity contribution in [2.45, 2.75) is 38.0 Å². The van der Waals surface area contributed by atoms with Crippen LogP contribution in [0.3, 0.4) is 0 Å². The Labute approximate surface area is 102 Å². The maximum Gasteiger partial charge on any atom is 0.128 e. The summed E-state index contributed by atoms with van der Waals surface area (Å²) in [5.74, 6) is 1.59. The van der Waals surface area contributed by atoms with Gasteiger partial charge in [0.15, 0.2) is 0 Å². The molecule has 0 aromatic carbocycles. The third-order valence-electron chi connectivity index (χ3n) is 3.36. The van der Waals surface area contributed by atoms with E-state index < -0.39 is 0 Å². The molecule has 0 bridgehead atoms. The molecule has 1 N–H and O–H groups in total. The molecule has 1 aliphatic rings. The van der Waals surface area contributed by atoms with Crippen LogP contribution in [-0.4, -0.2) is 16.9 Å². The normalized spacial score (nSPS) is 25.4. The predicted octanol–water partition coefficient (Wildman–Crippen LogP) is 3.60. The van der Waals surface area contributed by atoms with E-state index in [1.54, 1.807) is 0 Å². The van der Waals surface area contributed by atoms with Crippen molar-refractivity contribution in [1.29, 1.82) is 0 Å². The summed E-state index contributed by atoms with van der Waals surface area (Å²) >= 11 is 6.33. The fourth-order valence-corrected chi connectivity index (χ4v) is 2.66. The van der Waals surface area contributed by atoms with Crippen LogP contribution in [0.5, 0.6) is 0 Å². The Morgan fingerprint density at radius 2 is 2.25 bits per heavy atom. The molecule has 2 rings (SSSR count). The highest BCUT2D eigenvalue weighted by Gasteiger charge is 2.22. The van der Waals surface area contributed by atoms with E-state index in [1.165, 1.54) is 24.8 Å². The summed E-state index contributed by atoms with van der Waals surface area (Å²) in [6.07, 6.45) is 6.83. The molecule has 1 aromatic heterocycles. The Kier molecular flexibility index (Phi) is 4.05. The number of hydrogen-bond acceptors (Lipinski definition) is 2. The molecule has 1 fully saturated rings. The zero-order valence-corrected chi connectivity index (χ0v) is 10.5. The third kappa shape index (κ3) is 2.88. The van der Waals surface area contributed by atoms with Gasteiger partial charge in [0.05, 0.1) is 0 Å². The lowest BCUT2D eigenvalue weighted by Gasteiger charge is -2.27. The Bertz CT molecular complexity index is 340. The molecular formula is C13H19ClN2. The summed E-state index contributed by atoms with van der Waals surface area (Å²) in [5.41, 5.74) is 1.20. The van der Waals surface area contributed by atoms with Crippen LogP contribution in [-0.2, 0) is 0 Å². The van der Waals surface area contributed by atoms with Crippen LogP contribution in [0.25, 0.3) is 0 Å². The Morgan fingerprint density at radius 1 is 1.44 bits per heavy atom. The molecule has 0 spiro atoms. The van der Waals surface area contributed by atoms with Gasteiger partial charge in [-0.05, 0) is 37.3 Å². The van der Waals surface area contributed by atoms with E-state index in [9.17, 15) is 0 Å². The Hall–Kier alpha value is -0.760. The van der Waals surface area contributed by atoms with Crippen molar-refractivity contribution in [3.05, 3.63) is 23.9 Å². The van der Waals surface area contributed by atoms with Gasteiger partial charge in [0.2, 0.25) is 0 Å². The lowest BCUT2D eigenvalue weighted by Crippen LogP contribution is -2.27. The van der Waals surface area contributed by atoms with Crippen molar-refractivity contribution in [3.8, 4) is 0 Å². The van der Waals surface area contributed by atoms with Crippen molar-refractivity contribution in [1.82, 2.24) is 4.98 Å². The molecule has 88 valence electrons. The minimum Gasteiger partial charge on any atom is -0.370 e. The monoisotopic (exact) mass is 238 g/mol. The molecular weight excluding hydrogens is 220 g/mol. The maximum absolute atomic E-state index is 6.33. The molecule has 2 nitrogen and oxygen atoms in total. The molecule has 0 saturated heterocycles. The van der Waals surface area contributed by atoms with Gasteiger partial charge in [0, 0.05) is 18.1 Å².